The minimum absolute atomic E-state index is 0. The molecule has 0 aromatic rings. The summed E-state index contributed by atoms with van der Waals surface area (Å²) in [6.07, 6.45) is 6.90. The van der Waals surface area contributed by atoms with E-state index < -0.39 is 8.80 Å². The third-order valence-corrected chi connectivity index (χ3v) is 3.94. The Bertz CT molecular complexity index is 239. The van der Waals surface area contributed by atoms with Gasteiger partial charge in [-0.1, -0.05) is 39.3 Å². The Morgan fingerprint density at radius 3 is 1.93 bits per heavy atom. The fraction of sp³-hybridized carbons (Fsp3) is 0.636. The molecule has 0 saturated heterocycles. The Morgan fingerprint density at radius 2 is 1.67 bits per heavy atom. The molecule has 0 heterocycles. The number of hydrogen-bond donors (Lipinski definition) is 0. The Morgan fingerprint density at radius 1 is 1.20 bits per heavy atom. The molecule has 0 bridgehead atoms. The molecule has 0 amide bonds. The summed E-state index contributed by atoms with van der Waals surface area (Å²) >= 11 is 0. The summed E-state index contributed by atoms with van der Waals surface area (Å²) in [5.74, 6) is 0. The van der Waals surface area contributed by atoms with Gasteiger partial charge in [-0.25, -0.2) is 5.20 Å². The van der Waals surface area contributed by atoms with Crippen molar-refractivity contribution in [1.82, 2.24) is 0 Å². The number of halogens is 2. The van der Waals surface area contributed by atoms with Crippen molar-refractivity contribution in [3.05, 3.63) is 22.9 Å². The van der Waals surface area contributed by atoms with E-state index in [0.717, 1.165) is 6.42 Å². The van der Waals surface area contributed by atoms with E-state index in [9.17, 15) is 0 Å². The average Bonchev–Trinajstić information content (AvgIpc) is 2.30. The first-order chi connectivity index (χ1) is 5.43. The number of allylic oxidation sites excluding steroid dienone is 4. The van der Waals surface area contributed by atoms with E-state index in [1.807, 2.05) is 0 Å². The van der Waals surface area contributed by atoms with Crippen LogP contribution in [-0.2, 0) is 21.7 Å². The Balaban J connectivity index is -0.000000480. The molecule has 0 atom stereocenters. The minimum Gasteiger partial charge on any atom is -1.00 e. The Kier molecular flexibility index (Phi) is 11.6. The largest absolute Gasteiger partial charge is 3.00 e. The molecule has 0 N–H and O–H groups in total. The quantitative estimate of drug-likeness (QED) is 0.360. The molecule has 0 spiro atoms. The predicted molar refractivity (Wildman–Crippen MR) is 57.8 cm³/mol. The van der Waals surface area contributed by atoms with Crippen LogP contribution in [0.5, 0.6) is 0 Å². The second-order valence-corrected chi connectivity index (χ2v) is 7.70. The van der Waals surface area contributed by atoms with Crippen molar-refractivity contribution >= 4 is 8.80 Å². The first-order valence-electron chi connectivity index (χ1n) is 4.74. The van der Waals surface area contributed by atoms with E-state index in [1.54, 1.807) is 10.8 Å². The summed E-state index contributed by atoms with van der Waals surface area (Å²) in [7, 11) is -0.643. The van der Waals surface area contributed by atoms with E-state index in [2.05, 4.69) is 46.0 Å². The molecule has 1 aliphatic carbocycles. The van der Waals surface area contributed by atoms with Crippen molar-refractivity contribution in [3.8, 4) is 0 Å². The van der Waals surface area contributed by atoms with Crippen molar-refractivity contribution < 1.29 is 46.5 Å². The van der Waals surface area contributed by atoms with E-state index in [1.165, 1.54) is 0 Å². The first kappa shape index (κ1) is 21.3. The van der Waals surface area contributed by atoms with Gasteiger partial charge in [0.2, 0.25) is 0 Å². The summed E-state index contributed by atoms with van der Waals surface area (Å²) in [5.41, 5.74) is 1.89. The summed E-state index contributed by atoms with van der Waals surface area (Å²) in [6.45, 7) is 11.6. The second kappa shape index (κ2) is 8.14. The van der Waals surface area contributed by atoms with Gasteiger partial charge in [0.05, 0.1) is 0 Å². The van der Waals surface area contributed by atoms with E-state index in [-0.39, 0.29) is 46.5 Å². The van der Waals surface area contributed by atoms with Gasteiger partial charge in [0.25, 0.3) is 0 Å². The zero-order valence-electron chi connectivity index (χ0n) is 10.1. The zero-order valence-corrected chi connectivity index (χ0v) is 14.3. The van der Waals surface area contributed by atoms with Gasteiger partial charge < -0.3 is 24.8 Å². The maximum absolute atomic E-state index is 3.50. The normalized spacial score (nSPS) is 14.5. The molecule has 0 aliphatic heterocycles. The number of hydrogen-bond acceptors (Lipinski definition) is 0. The molecule has 0 fully saturated rings. The van der Waals surface area contributed by atoms with Crippen LogP contribution in [0.3, 0.4) is 0 Å². The topological polar surface area (TPSA) is 0 Å². The van der Waals surface area contributed by atoms with Gasteiger partial charge in [0.1, 0.15) is 0 Å². The van der Waals surface area contributed by atoms with Crippen molar-refractivity contribution in [2.45, 2.75) is 40.3 Å². The van der Waals surface area contributed by atoms with Crippen LogP contribution in [0.2, 0.25) is 13.1 Å². The summed E-state index contributed by atoms with van der Waals surface area (Å²) < 4.78 is 0. The van der Waals surface area contributed by atoms with Crippen LogP contribution in [-0.4, -0.2) is 8.80 Å². The molecule has 0 unspecified atom stereocenters. The maximum Gasteiger partial charge on any atom is 3.00 e. The van der Waals surface area contributed by atoms with Crippen LogP contribution in [0.4, 0.5) is 0 Å². The Hall–Kier alpha value is 0.991. The van der Waals surface area contributed by atoms with Crippen molar-refractivity contribution in [1.29, 1.82) is 0 Å². The van der Waals surface area contributed by atoms with Crippen LogP contribution >= 0.6 is 0 Å². The molecule has 4 heteroatoms. The summed E-state index contributed by atoms with van der Waals surface area (Å²) in [4.78, 5) is 0. The van der Waals surface area contributed by atoms with Crippen LogP contribution in [0, 0.1) is 11.5 Å². The van der Waals surface area contributed by atoms with Gasteiger partial charge in [-0.3, -0.25) is 6.08 Å². The van der Waals surface area contributed by atoms with Crippen molar-refractivity contribution in [2.75, 3.05) is 0 Å². The van der Waals surface area contributed by atoms with Gasteiger partial charge in [0.15, 0.2) is 0 Å². The van der Waals surface area contributed by atoms with Gasteiger partial charge in [-0.2, -0.15) is 11.6 Å². The summed E-state index contributed by atoms with van der Waals surface area (Å²) in [6, 6.07) is 0. The van der Waals surface area contributed by atoms with Gasteiger partial charge in [0, 0.05) is 8.80 Å². The third kappa shape index (κ3) is 5.74. The molecule has 0 saturated carbocycles. The summed E-state index contributed by atoms with van der Waals surface area (Å²) in [5, 5.41) is 1.57. The van der Waals surface area contributed by atoms with Gasteiger partial charge >= 0.3 is 21.7 Å². The monoisotopic (exact) mass is 297 g/mol. The standard InChI is InChI=1S/C11H19Si.2ClH.Ti/c1-11(2,3)9-7-6-8-10(9)12(4)5;;;/h7,12H,6H2,1-5H3;2*1H;/q-1;;;+3/p-2. The van der Waals surface area contributed by atoms with E-state index in [4.69, 9.17) is 0 Å². The molecular formula is C11H19Cl2SiTi. The van der Waals surface area contributed by atoms with Crippen LogP contribution in [0.15, 0.2) is 16.8 Å². The molecule has 85 valence electrons. The van der Waals surface area contributed by atoms with E-state index in [0.29, 0.717) is 5.41 Å². The van der Waals surface area contributed by atoms with Crippen molar-refractivity contribution in [2.24, 2.45) is 5.41 Å². The maximum atomic E-state index is 3.50. The molecular weight excluding hydrogens is 279 g/mol. The molecule has 0 nitrogen and oxygen atoms in total. The Labute approximate surface area is 123 Å². The smallest absolute Gasteiger partial charge is 1.00 e. The molecule has 1 aliphatic rings. The fourth-order valence-electron chi connectivity index (χ4n) is 1.69. The van der Waals surface area contributed by atoms with Gasteiger partial charge in [-0.05, 0) is 0 Å². The SMILES string of the molecule is C[SiH](C)C1=[C-]CC=C1C(C)(C)C.[Cl-].[Cl-].[Ti+3]. The minimum atomic E-state index is -0.643. The van der Waals surface area contributed by atoms with Crippen molar-refractivity contribution in [3.63, 3.8) is 0 Å². The first-order valence-corrected chi connectivity index (χ1v) is 7.63. The molecule has 0 aromatic heterocycles. The number of rotatable bonds is 1. The third-order valence-electron chi connectivity index (χ3n) is 2.27. The fourth-order valence-corrected chi connectivity index (χ4v) is 3.39. The van der Waals surface area contributed by atoms with Crippen LogP contribution < -0.4 is 24.8 Å². The molecule has 1 radical (unpaired) electrons. The molecule has 1 rings (SSSR count). The molecule has 15 heavy (non-hydrogen) atoms. The van der Waals surface area contributed by atoms with Crippen LogP contribution in [0.25, 0.3) is 0 Å². The zero-order chi connectivity index (χ0) is 9.35. The average molecular weight is 298 g/mol. The van der Waals surface area contributed by atoms with E-state index >= 15 is 0 Å². The predicted octanol–water partition coefficient (Wildman–Crippen LogP) is -2.88. The molecule has 0 aromatic carbocycles. The van der Waals surface area contributed by atoms with Crippen LogP contribution in [0.1, 0.15) is 27.2 Å². The second-order valence-electron chi connectivity index (χ2n) is 4.82. The van der Waals surface area contributed by atoms with Gasteiger partial charge in [-0.15, -0.1) is 6.42 Å².